The molecule has 100 valence electrons. The molecule has 0 heterocycles. The van der Waals surface area contributed by atoms with Crippen LogP contribution in [0.5, 0.6) is 0 Å². The molecular weight excluding hydrogens is 256 g/mol. The van der Waals surface area contributed by atoms with Gasteiger partial charge in [0, 0.05) is 12.7 Å². The van der Waals surface area contributed by atoms with Gasteiger partial charge in [-0.15, -0.1) is 0 Å². The summed E-state index contributed by atoms with van der Waals surface area (Å²) >= 11 is 0. The molecule has 0 atom stereocenters. The molecule has 2 N–H and O–H groups in total. The van der Waals surface area contributed by atoms with Crippen molar-refractivity contribution in [1.82, 2.24) is 4.31 Å². The number of carbonyl (C=O) groups excluding carboxylic acids is 1. The Morgan fingerprint density at radius 2 is 2.06 bits per heavy atom. The zero-order valence-electron chi connectivity index (χ0n) is 10.5. The summed E-state index contributed by atoms with van der Waals surface area (Å²) in [6.07, 6.45) is 0. The van der Waals surface area contributed by atoms with Crippen LogP contribution in [0.3, 0.4) is 0 Å². The van der Waals surface area contributed by atoms with Crippen LogP contribution in [0.1, 0.15) is 5.56 Å². The van der Waals surface area contributed by atoms with Crippen molar-refractivity contribution in [1.29, 1.82) is 0 Å². The third-order valence-corrected chi connectivity index (χ3v) is 4.43. The summed E-state index contributed by atoms with van der Waals surface area (Å²) in [6, 6.07) is 4.50. The average Bonchev–Trinajstić information content (AvgIpc) is 2.28. The number of nitrogen functional groups attached to an aromatic ring is 1. The van der Waals surface area contributed by atoms with Gasteiger partial charge in [-0.1, -0.05) is 0 Å². The number of anilines is 1. The fourth-order valence-electron chi connectivity index (χ4n) is 1.46. The van der Waals surface area contributed by atoms with Gasteiger partial charge in [0.2, 0.25) is 10.0 Å². The van der Waals surface area contributed by atoms with Gasteiger partial charge in [0.25, 0.3) is 0 Å². The number of carbonyl (C=O) groups is 1. The minimum Gasteiger partial charge on any atom is -0.468 e. The van der Waals surface area contributed by atoms with E-state index >= 15 is 0 Å². The van der Waals surface area contributed by atoms with Gasteiger partial charge in [0.1, 0.15) is 6.54 Å². The molecule has 1 aromatic rings. The maximum atomic E-state index is 12.2. The standard InChI is InChI=1S/C11H16N2O4S/c1-8-6-9(12)4-5-10(8)18(15,16)13(2)7-11(14)17-3/h4-6H,7,12H2,1-3H3. The zero-order valence-corrected chi connectivity index (χ0v) is 11.3. The Kier molecular flexibility index (Phi) is 4.31. The number of likely N-dealkylation sites (N-methyl/N-ethyl adjacent to an activating group) is 1. The number of sulfonamides is 1. The number of nitrogens with two attached hydrogens (primary N) is 1. The number of esters is 1. The van der Waals surface area contributed by atoms with Crippen molar-refractivity contribution in [2.24, 2.45) is 0 Å². The van der Waals surface area contributed by atoms with Crippen LogP contribution in [0.25, 0.3) is 0 Å². The molecule has 18 heavy (non-hydrogen) atoms. The molecule has 0 saturated heterocycles. The Balaban J connectivity index is 3.09. The van der Waals surface area contributed by atoms with Crippen LogP contribution >= 0.6 is 0 Å². The smallest absolute Gasteiger partial charge is 0.321 e. The number of hydrogen-bond acceptors (Lipinski definition) is 5. The maximum absolute atomic E-state index is 12.2. The average molecular weight is 272 g/mol. The van der Waals surface area contributed by atoms with E-state index in [1.807, 2.05) is 0 Å². The number of rotatable bonds is 4. The quantitative estimate of drug-likeness (QED) is 0.632. The monoisotopic (exact) mass is 272 g/mol. The SMILES string of the molecule is COC(=O)CN(C)S(=O)(=O)c1ccc(N)cc1C. The van der Waals surface area contributed by atoms with Gasteiger partial charge in [-0.3, -0.25) is 4.79 Å². The third-order valence-electron chi connectivity index (χ3n) is 2.47. The third kappa shape index (κ3) is 2.99. The first kappa shape index (κ1) is 14.5. The van der Waals surface area contributed by atoms with E-state index in [4.69, 9.17) is 5.73 Å². The number of methoxy groups -OCH3 is 1. The topological polar surface area (TPSA) is 89.7 Å². The lowest BCUT2D eigenvalue weighted by molar-refractivity contribution is -0.140. The van der Waals surface area contributed by atoms with E-state index in [9.17, 15) is 13.2 Å². The molecule has 1 rings (SSSR count). The highest BCUT2D eigenvalue weighted by Crippen LogP contribution is 2.20. The van der Waals surface area contributed by atoms with E-state index in [1.54, 1.807) is 13.0 Å². The number of aryl methyl sites for hydroxylation is 1. The summed E-state index contributed by atoms with van der Waals surface area (Å²) < 4.78 is 29.8. The Morgan fingerprint density at radius 1 is 1.44 bits per heavy atom. The summed E-state index contributed by atoms with van der Waals surface area (Å²) in [6.45, 7) is 1.32. The highest BCUT2D eigenvalue weighted by Gasteiger charge is 2.24. The molecule has 0 radical (unpaired) electrons. The van der Waals surface area contributed by atoms with Crippen molar-refractivity contribution in [2.45, 2.75) is 11.8 Å². The van der Waals surface area contributed by atoms with Crippen molar-refractivity contribution >= 4 is 21.7 Å². The van der Waals surface area contributed by atoms with Crippen molar-refractivity contribution in [2.75, 3.05) is 26.4 Å². The second kappa shape index (κ2) is 5.36. The van der Waals surface area contributed by atoms with Crippen molar-refractivity contribution in [3.05, 3.63) is 23.8 Å². The Labute approximate surface area is 106 Å². The Bertz CT molecular complexity index is 554. The van der Waals surface area contributed by atoms with Crippen molar-refractivity contribution < 1.29 is 17.9 Å². The largest absolute Gasteiger partial charge is 0.468 e. The summed E-state index contributed by atoms with van der Waals surface area (Å²) in [5.41, 5.74) is 6.59. The molecule has 0 bridgehead atoms. The van der Waals surface area contributed by atoms with Crippen molar-refractivity contribution in [3.63, 3.8) is 0 Å². The van der Waals surface area contributed by atoms with E-state index in [0.717, 1.165) is 4.31 Å². The van der Waals surface area contributed by atoms with Crippen LogP contribution in [-0.2, 0) is 19.6 Å². The zero-order chi connectivity index (χ0) is 13.9. The molecule has 0 aliphatic heterocycles. The number of benzene rings is 1. The molecule has 0 fully saturated rings. The van der Waals surface area contributed by atoms with E-state index < -0.39 is 16.0 Å². The van der Waals surface area contributed by atoms with Crippen molar-refractivity contribution in [3.8, 4) is 0 Å². The molecule has 0 saturated carbocycles. The van der Waals surface area contributed by atoms with Crippen LogP contribution in [-0.4, -0.2) is 39.4 Å². The van der Waals surface area contributed by atoms with Gasteiger partial charge in [-0.05, 0) is 30.7 Å². The van der Waals surface area contributed by atoms with Gasteiger partial charge in [0.15, 0.2) is 0 Å². The number of nitrogens with zero attached hydrogens (tertiary/aromatic N) is 1. The summed E-state index contributed by atoms with van der Waals surface area (Å²) in [5.74, 6) is -0.617. The lowest BCUT2D eigenvalue weighted by Crippen LogP contribution is -2.33. The first-order chi connectivity index (χ1) is 8.28. The molecule has 0 unspecified atom stereocenters. The molecular formula is C11H16N2O4S. The van der Waals surface area contributed by atoms with E-state index in [2.05, 4.69) is 4.74 Å². The van der Waals surface area contributed by atoms with E-state index in [-0.39, 0.29) is 11.4 Å². The minimum absolute atomic E-state index is 0.128. The normalized spacial score (nSPS) is 11.6. The molecule has 6 nitrogen and oxygen atoms in total. The molecule has 7 heteroatoms. The number of hydrogen-bond donors (Lipinski definition) is 1. The predicted octanol–water partition coefficient (Wildman–Crippen LogP) is 0.371. The maximum Gasteiger partial charge on any atom is 0.321 e. The van der Waals surface area contributed by atoms with Crippen LogP contribution in [0.15, 0.2) is 23.1 Å². The highest BCUT2D eigenvalue weighted by molar-refractivity contribution is 7.89. The molecule has 0 aromatic heterocycles. The van der Waals surface area contributed by atoms with Crippen LogP contribution in [0, 0.1) is 6.92 Å². The number of ether oxygens (including phenoxy) is 1. The van der Waals surface area contributed by atoms with Crippen LogP contribution in [0.2, 0.25) is 0 Å². The highest BCUT2D eigenvalue weighted by atomic mass is 32.2. The summed E-state index contributed by atoms with van der Waals surface area (Å²) in [4.78, 5) is 11.2. The lowest BCUT2D eigenvalue weighted by atomic mass is 10.2. The van der Waals surface area contributed by atoms with Gasteiger partial charge in [-0.2, -0.15) is 4.31 Å². The molecule has 0 spiro atoms. The molecule has 0 aliphatic carbocycles. The van der Waals surface area contributed by atoms with Gasteiger partial charge in [0.05, 0.1) is 12.0 Å². The second-order valence-electron chi connectivity index (χ2n) is 3.86. The van der Waals surface area contributed by atoms with E-state index in [0.29, 0.717) is 11.3 Å². The molecule has 1 aromatic carbocycles. The fourth-order valence-corrected chi connectivity index (χ4v) is 2.78. The summed E-state index contributed by atoms with van der Waals surface area (Å²) in [7, 11) is -1.19. The second-order valence-corrected chi connectivity index (χ2v) is 5.88. The fraction of sp³-hybridized carbons (Fsp3) is 0.364. The van der Waals surface area contributed by atoms with Gasteiger partial charge < -0.3 is 10.5 Å². The minimum atomic E-state index is -3.71. The van der Waals surface area contributed by atoms with Gasteiger partial charge in [-0.25, -0.2) is 8.42 Å². The first-order valence-corrected chi connectivity index (χ1v) is 6.62. The van der Waals surface area contributed by atoms with Gasteiger partial charge >= 0.3 is 5.97 Å². The molecule has 0 amide bonds. The predicted molar refractivity (Wildman–Crippen MR) is 67.4 cm³/mol. The lowest BCUT2D eigenvalue weighted by Gasteiger charge is -2.17. The first-order valence-electron chi connectivity index (χ1n) is 5.18. The molecule has 0 aliphatic rings. The van der Waals surface area contributed by atoms with Crippen LogP contribution < -0.4 is 5.73 Å². The van der Waals surface area contributed by atoms with Crippen LogP contribution in [0.4, 0.5) is 5.69 Å². The Morgan fingerprint density at radius 3 is 2.56 bits per heavy atom. The Hall–Kier alpha value is -1.60. The summed E-state index contributed by atoms with van der Waals surface area (Å²) in [5, 5.41) is 0. The van der Waals surface area contributed by atoms with E-state index in [1.165, 1.54) is 26.3 Å².